The van der Waals surface area contributed by atoms with E-state index in [9.17, 15) is 9.90 Å². The molecule has 0 aromatic carbocycles. The summed E-state index contributed by atoms with van der Waals surface area (Å²) in [6.45, 7) is 1.68. The van der Waals surface area contributed by atoms with Gasteiger partial charge in [0.25, 0.3) is 0 Å². The topological polar surface area (TPSA) is 55.8 Å². The van der Waals surface area contributed by atoms with Crippen LogP contribution in [0.4, 0.5) is 4.79 Å². The van der Waals surface area contributed by atoms with Gasteiger partial charge in [0.15, 0.2) is 0 Å². The van der Waals surface area contributed by atoms with Crippen molar-refractivity contribution in [2.75, 3.05) is 20.1 Å². The molecule has 0 spiro atoms. The van der Waals surface area contributed by atoms with Crippen molar-refractivity contribution in [2.45, 2.75) is 24.4 Å². The summed E-state index contributed by atoms with van der Waals surface area (Å²) in [6.07, 6.45) is 3.21. The van der Waals surface area contributed by atoms with Crippen LogP contribution in [0, 0.1) is 0 Å². The maximum atomic E-state index is 11.6. The predicted molar refractivity (Wildman–Crippen MR) is 63.6 cm³/mol. The summed E-state index contributed by atoms with van der Waals surface area (Å²) in [4.78, 5) is 15.5. The molecule has 0 bridgehead atoms. The molecule has 1 saturated heterocycles. The maximum Gasteiger partial charge on any atom is 0.323 e. The minimum absolute atomic E-state index is 0.0486. The lowest BCUT2D eigenvalue weighted by Gasteiger charge is -2.37. The lowest BCUT2D eigenvalue weighted by atomic mass is 10.1. The Morgan fingerprint density at radius 3 is 2.81 bits per heavy atom. The van der Waals surface area contributed by atoms with E-state index in [1.807, 2.05) is 5.41 Å². The molecule has 0 radical (unpaired) electrons. The van der Waals surface area contributed by atoms with E-state index in [2.05, 4.69) is 10.2 Å². The smallest absolute Gasteiger partial charge is 0.323 e. The van der Waals surface area contributed by atoms with Crippen LogP contribution in [0.3, 0.4) is 0 Å². The van der Waals surface area contributed by atoms with Gasteiger partial charge in [0.2, 0.25) is 0 Å². The molecule has 1 fully saturated rings. The Hall–Kier alpha value is -0.720. The second kappa shape index (κ2) is 5.07. The number of nitrogens with one attached hydrogen (secondary N) is 1. The summed E-state index contributed by atoms with van der Waals surface area (Å²) in [5.74, 6) is 0. The number of carbonyl (C=O) groups excluding carboxylic acids is 1. The number of piperidine rings is 1. The number of aliphatic hydroxyl groups excluding tert-OH is 1. The van der Waals surface area contributed by atoms with Crippen LogP contribution in [0.25, 0.3) is 0 Å². The molecule has 0 aromatic heterocycles. The van der Waals surface area contributed by atoms with Crippen LogP contribution in [0.2, 0.25) is 0 Å². The van der Waals surface area contributed by atoms with Crippen molar-refractivity contribution in [1.82, 2.24) is 15.1 Å². The zero-order chi connectivity index (χ0) is 11.5. The Labute approximate surface area is 99.5 Å². The number of nitrogens with zero attached hydrogens (tertiary/aromatic N) is 2. The second-order valence-corrected chi connectivity index (χ2v) is 4.94. The summed E-state index contributed by atoms with van der Waals surface area (Å²) in [5.41, 5.74) is 0.0486. The van der Waals surface area contributed by atoms with Crippen LogP contribution < -0.4 is 5.32 Å². The van der Waals surface area contributed by atoms with Crippen molar-refractivity contribution >= 4 is 17.8 Å². The Morgan fingerprint density at radius 1 is 1.50 bits per heavy atom. The van der Waals surface area contributed by atoms with Crippen molar-refractivity contribution in [1.29, 1.82) is 0 Å². The van der Waals surface area contributed by atoms with Crippen LogP contribution in [0.1, 0.15) is 12.8 Å². The number of thioether (sulfide) groups is 1. The maximum absolute atomic E-state index is 11.6. The number of aliphatic hydroxyl groups is 1. The van der Waals surface area contributed by atoms with Crippen LogP contribution in [0.5, 0.6) is 0 Å². The average molecular weight is 243 g/mol. The van der Waals surface area contributed by atoms with Crippen LogP contribution in [-0.4, -0.2) is 52.7 Å². The first kappa shape index (κ1) is 11.8. The number of hydrogen-bond donors (Lipinski definition) is 2. The van der Waals surface area contributed by atoms with Gasteiger partial charge in [-0.05, 0) is 18.2 Å². The third kappa shape index (κ3) is 2.34. The highest BCUT2D eigenvalue weighted by Gasteiger charge is 2.32. The summed E-state index contributed by atoms with van der Waals surface area (Å²) < 4.78 is 0. The van der Waals surface area contributed by atoms with E-state index in [4.69, 9.17) is 0 Å². The van der Waals surface area contributed by atoms with Gasteiger partial charge in [0.05, 0.1) is 6.10 Å². The summed E-state index contributed by atoms with van der Waals surface area (Å²) in [6, 6.07) is -0.0858. The molecular formula is C10H17N3O2S. The van der Waals surface area contributed by atoms with Gasteiger partial charge in [0, 0.05) is 26.3 Å². The van der Waals surface area contributed by atoms with E-state index in [1.54, 1.807) is 29.9 Å². The fourth-order valence-electron chi connectivity index (χ4n) is 1.98. The minimum Gasteiger partial charge on any atom is -0.393 e. The summed E-state index contributed by atoms with van der Waals surface area (Å²) >= 11 is 1.63. The molecule has 0 aromatic rings. The third-order valence-corrected chi connectivity index (χ3v) is 3.97. The van der Waals surface area contributed by atoms with E-state index in [1.165, 1.54) is 0 Å². The van der Waals surface area contributed by atoms with E-state index in [-0.39, 0.29) is 17.6 Å². The van der Waals surface area contributed by atoms with Gasteiger partial charge in [-0.1, -0.05) is 11.8 Å². The normalized spacial score (nSPS) is 27.4. The zero-order valence-electron chi connectivity index (χ0n) is 9.30. The third-order valence-electron chi connectivity index (χ3n) is 2.92. The molecule has 2 rings (SSSR count). The van der Waals surface area contributed by atoms with E-state index >= 15 is 0 Å². The van der Waals surface area contributed by atoms with Gasteiger partial charge in [0.1, 0.15) is 5.50 Å². The first-order valence-electron chi connectivity index (χ1n) is 5.46. The first-order valence-corrected chi connectivity index (χ1v) is 6.41. The van der Waals surface area contributed by atoms with Crippen molar-refractivity contribution in [3.05, 3.63) is 11.6 Å². The van der Waals surface area contributed by atoms with Gasteiger partial charge in [-0.2, -0.15) is 0 Å². The second-order valence-electron chi connectivity index (χ2n) is 3.98. The molecule has 2 aliphatic heterocycles. The van der Waals surface area contributed by atoms with Gasteiger partial charge >= 0.3 is 6.03 Å². The first-order chi connectivity index (χ1) is 7.72. The SMILES string of the molecule is CNC(=O)N1C=CSC1N1CCC(O)CC1. The standard InChI is InChI=1S/C10H17N3O2S/c1-11-9(15)13-6-7-16-10(13)12-4-2-8(14)3-5-12/h6-8,10,14H,2-5H2,1H3,(H,11,15). The Balaban J connectivity index is 1.96. The highest BCUT2D eigenvalue weighted by Crippen LogP contribution is 2.30. The average Bonchev–Trinajstić information content (AvgIpc) is 2.78. The van der Waals surface area contributed by atoms with Crippen LogP contribution >= 0.6 is 11.8 Å². The lowest BCUT2D eigenvalue weighted by molar-refractivity contribution is 0.0570. The van der Waals surface area contributed by atoms with Crippen molar-refractivity contribution < 1.29 is 9.90 Å². The fraction of sp³-hybridized carbons (Fsp3) is 0.700. The van der Waals surface area contributed by atoms with Gasteiger partial charge in [-0.3, -0.25) is 9.80 Å². The fourth-order valence-corrected chi connectivity index (χ4v) is 3.00. The molecule has 2 heterocycles. The quantitative estimate of drug-likeness (QED) is 0.707. The van der Waals surface area contributed by atoms with E-state index in [0.717, 1.165) is 25.9 Å². The number of rotatable bonds is 1. The Bertz CT molecular complexity index is 290. The molecule has 0 aliphatic carbocycles. The molecule has 0 saturated carbocycles. The molecule has 6 heteroatoms. The minimum atomic E-state index is -0.177. The van der Waals surface area contributed by atoms with Gasteiger partial charge in [-0.15, -0.1) is 0 Å². The van der Waals surface area contributed by atoms with Gasteiger partial charge in [-0.25, -0.2) is 4.79 Å². The van der Waals surface area contributed by atoms with Crippen LogP contribution in [0.15, 0.2) is 11.6 Å². The van der Waals surface area contributed by atoms with E-state index in [0.29, 0.717) is 0 Å². The molecular weight excluding hydrogens is 226 g/mol. The number of carbonyl (C=O) groups is 1. The largest absolute Gasteiger partial charge is 0.393 e. The molecule has 16 heavy (non-hydrogen) atoms. The highest BCUT2D eigenvalue weighted by molar-refractivity contribution is 8.02. The van der Waals surface area contributed by atoms with Crippen molar-refractivity contribution in [3.8, 4) is 0 Å². The summed E-state index contributed by atoms with van der Waals surface area (Å²) in [7, 11) is 1.64. The van der Waals surface area contributed by atoms with Gasteiger partial charge < -0.3 is 10.4 Å². The molecule has 1 atom stereocenters. The Morgan fingerprint density at radius 2 is 2.19 bits per heavy atom. The molecule has 2 amide bonds. The van der Waals surface area contributed by atoms with Crippen molar-refractivity contribution in [3.63, 3.8) is 0 Å². The molecule has 90 valence electrons. The number of amides is 2. The molecule has 2 aliphatic rings. The monoisotopic (exact) mass is 243 g/mol. The number of hydrogen-bond acceptors (Lipinski definition) is 4. The Kier molecular flexibility index (Phi) is 3.73. The predicted octanol–water partition coefficient (Wildman–Crippen LogP) is 0.586. The lowest BCUT2D eigenvalue weighted by Crippen LogP contribution is -2.50. The molecule has 1 unspecified atom stereocenters. The number of urea groups is 1. The summed E-state index contributed by atoms with van der Waals surface area (Å²) in [5, 5.41) is 14.0. The number of likely N-dealkylation sites (tertiary alicyclic amines) is 1. The van der Waals surface area contributed by atoms with Crippen LogP contribution in [-0.2, 0) is 0 Å². The van der Waals surface area contributed by atoms with Crippen molar-refractivity contribution in [2.24, 2.45) is 0 Å². The van der Waals surface area contributed by atoms with E-state index < -0.39 is 0 Å². The zero-order valence-corrected chi connectivity index (χ0v) is 10.1. The molecule has 2 N–H and O–H groups in total. The highest BCUT2D eigenvalue weighted by atomic mass is 32.2. The molecule has 5 nitrogen and oxygen atoms in total.